The predicted octanol–water partition coefficient (Wildman–Crippen LogP) is 7.62. The van der Waals surface area contributed by atoms with Crippen molar-refractivity contribution in [3.63, 3.8) is 0 Å². The van der Waals surface area contributed by atoms with Gasteiger partial charge in [0, 0.05) is 0 Å². The molecule has 2 aliphatic rings. The lowest BCUT2D eigenvalue weighted by Gasteiger charge is -2.28. The average molecular weight is 435 g/mol. The van der Waals surface area contributed by atoms with Crippen LogP contribution in [-0.2, 0) is 16.0 Å². The summed E-state index contributed by atoms with van der Waals surface area (Å²) < 4.78 is 0. The van der Waals surface area contributed by atoms with Gasteiger partial charge in [-0.15, -0.1) is 0 Å². The van der Waals surface area contributed by atoms with Crippen LogP contribution in [0.25, 0.3) is 0 Å². The zero-order chi connectivity index (χ0) is 23.3. The molecule has 32 heavy (non-hydrogen) atoms. The summed E-state index contributed by atoms with van der Waals surface area (Å²) in [5, 5.41) is 10.8. The van der Waals surface area contributed by atoms with Gasteiger partial charge in [0.1, 0.15) is 0 Å². The number of rotatable bonds is 4. The first-order valence-electron chi connectivity index (χ1n) is 11.9. The highest BCUT2D eigenvalue weighted by molar-refractivity contribution is 5.26. The second kappa shape index (κ2) is 18.9. The van der Waals surface area contributed by atoms with E-state index in [0.717, 1.165) is 30.4 Å². The summed E-state index contributed by atoms with van der Waals surface area (Å²) in [6.45, 7) is 0. The molecule has 2 fully saturated rings. The zero-order valence-corrected chi connectivity index (χ0v) is 19.2. The third-order valence-corrected chi connectivity index (χ3v) is 6.21. The monoisotopic (exact) mass is 434 g/mol. The van der Waals surface area contributed by atoms with Crippen molar-refractivity contribution < 1.29 is 9.59 Å². The SMILES string of the molecule is C1CCC(CC2CCCCC2)CC1.N=C=O.N=C=O.c1ccc(Cc2ccccc2)cc1. The van der Waals surface area contributed by atoms with Crippen LogP contribution in [0.3, 0.4) is 0 Å². The molecule has 4 rings (SSSR count). The van der Waals surface area contributed by atoms with Crippen LogP contribution >= 0.6 is 0 Å². The van der Waals surface area contributed by atoms with Gasteiger partial charge in [0.2, 0.25) is 12.2 Å². The Morgan fingerprint density at radius 2 is 0.906 bits per heavy atom. The Kier molecular flexibility index (Phi) is 16.1. The number of hydrogen-bond donors (Lipinski definition) is 2. The molecule has 2 saturated carbocycles. The first kappa shape index (κ1) is 27.2. The molecule has 0 radical (unpaired) electrons. The van der Waals surface area contributed by atoms with Gasteiger partial charge in [-0.05, 0) is 35.8 Å². The van der Waals surface area contributed by atoms with Crippen molar-refractivity contribution in [3.05, 3.63) is 71.8 Å². The Hall–Kier alpha value is -2.80. The first-order valence-corrected chi connectivity index (χ1v) is 11.9. The van der Waals surface area contributed by atoms with Crippen molar-refractivity contribution in [2.45, 2.75) is 77.0 Å². The summed E-state index contributed by atoms with van der Waals surface area (Å²) in [6, 6.07) is 21.1. The molecule has 0 atom stereocenters. The van der Waals surface area contributed by atoms with Crippen LogP contribution in [0, 0.1) is 22.7 Å². The largest absolute Gasteiger partial charge is 0.231 e. The molecule has 0 unspecified atom stereocenters. The molecule has 0 amide bonds. The Balaban J connectivity index is 0.000000258. The lowest BCUT2D eigenvalue weighted by Crippen LogP contribution is -2.14. The van der Waals surface area contributed by atoms with Gasteiger partial charge in [-0.1, -0.05) is 125 Å². The van der Waals surface area contributed by atoms with E-state index in [1.807, 2.05) is 0 Å². The maximum atomic E-state index is 8.35. The molecule has 0 aliphatic heterocycles. The highest BCUT2D eigenvalue weighted by Gasteiger charge is 2.20. The molecular formula is C28H38N2O2. The summed E-state index contributed by atoms with van der Waals surface area (Å²) in [4.78, 5) is 16.7. The maximum absolute atomic E-state index is 8.35. The fourth-order valence-electron chi connectivity index (χ4n) is 4.74. The predicted molar refractivity (Wildman–Crippen MR) is 130 cm³/mol. The molecule has 172 valence electrons. The Morgan fingerprint density at radius 1 is 0.594 bits per heavy atom. The van der Waals surface area contributed by atoms with Crippen molar-refractivity contribution in [2.24, 2.45) is 11.8 Å². The van der Waals surface area contributed by atoms with Gasteiger partial charge >= 0.3 is 0 Å². The highest BCUT2D eigenvalue weighted by atomic mass is 16.1. The average Bonchev–Trinajstić information content (AvgIpc) is 2.83. The van der Waals surface area contributed by atoms with Crippen molar-refractivity contribution >= 4 is 12.2 Å². The quantitative estimate of drug-likeness (QED) is 0.383. The molecule has 0 heterocycles. The maximum Gasteiger partial charge on any atom is 0.231 e. The van der Waals surface area contributed by atoms with E-state index < -0.39 is 0 Å². The van der Waals surface area contributed by atoms with Crippen molar-refractivity contribution in [1.29, 1.82) is 10.8 Å². The summed E-state index contributed by atoms with van der Waals surface area (Å²) in [6.07, 6.45) is 19.5. The minimum atomic E-state index is 0.750. The van der Waals surface area contributed by atoms with Crippen LogP contribution < -0.4 is 0 Å². The second-order valence-electron chi connectivity index (χ2n) is 8.60. The molecule has 0 spiro atoms. The summed E-state index contributed by atoms with van der Waals surface area (Å²) >= 11 is 0. The van der Waals surface area contributed by atoms with E-state index in [1.54, 1.807) is 32.1 Å². The topological polar surface area (TPSA) is 81.8 Å². The van der Waals surface area contributed by atoms with E-state index in [-0.39, 0.29) is 0 Å². The lowest BCUT2D eigenvalue weighted by atomic mass is 9.78. The standard InChI is InChI=1S/C13H24.C13H12.2CHNO/c2*1-3-7-12(8-4-1)11-13-9-5-2-6-10-13;2*2-1-3/h12-13H,1-11H2;1-10H,11H2;2*2H. The van der Waals surface area contributed by atoms with E-state index in [1.165, 1.54) is 49.7 Å². The summed E-state index contributed by atoms with van der Waals surface area (Å²) in [7, 11) is 0. The van der Waals surface area contributed by atoms with Crippen LogP contribution in [0.1, 0.15) is 81.8 Å². The minimum absolute atomic E-state index is 0.750. The number of hydrogen-bond acceptors (Lipinski definition) is 4. The van der Waals surface area contributed by atoms with E-state index in [4.69, 9.17) is 20.4 Å². The number of nitrogens with one attached hydrogen (secondary N) is 2. The van der Waals surface area contributed by atoms with E-state index in [0.29, 0.717) is 0 Å². The minimum Gasteiger partial charge on any atom is -0.222 e. The normalized spacial score (nSPS) is 15.8. The molecule has 2 aromatic rings. The highest BCUT2D eigenvalue weighted by Crippen LogP contribution is 2.34. The number of isocyanates is 2. The third kappa shape index (κ3) is 13.5. The Morgan fingerprint density at radius 3 is 1.22 bits per heavy atom. The molecule has 0 saturated heterocycles. The molecule has 2 aromatic carbocycles. The van der Waals surface area contributed by atoms with Crippen LogP contribution in [-0.4, -0.2) is 12.2 Å². The van der Waals surface area contributed by atoms with Crippen molar-refractivity contribution in [2.75, 3.05) is 0 Å². The molecule has 0 aromatic heterocycles. The fourth-order valence-corrected chi connectivity index (χ4v) is 4.74. The van der Waals surface area contributed by atoms with Gasteiger partial charge in [-0.25, -0.2) is 20.4 Å². The van der Waals surface area contributed by atoms with Crippen LogP contribution in [0.4, 0.5) is 0 Å². The lowest BCUT2D eigenvalue weighted by molar-refractivity contribution is 0.244. The van der Waals surface area contributed by atoms with Gasteiger partial charge in [0.15, 0.2) is 0 Å². The molecule has 4 heteroatoms. The summed E-state index contributed by atoms with van der Waals surface area (Å²) in [5.74, 6) is 2.24. The zero-order valence-electron chi connectivity index (χ0n) is 19.2. The fraction of sp³-hybridized carbons (Fsp3) is 0.500. The van der Waals surface area contributed by atoms with Crippen LogP contribution in [0.15, 0.2) is 60.7 Å². The first-order chi connectivity index (χ1) is 15.7. The second-order valence-corrected chi connectivity index (χ2v) is 8.60. The Bertz CT molecular complexity index is 687. The van der Waals surface area contributed by atoms with Gasteiger partial charge in [0.25, 0.3) is 0 Å². The molecule has 0 bridgehead atoms. The summed E-state index contributed by atoms with van der Waals surface area (Å²) in [5.41, 5.74) is 2.74. The number of carbonyl (C=O) groups excluding carboxylic acids is 2. The molecule has 2 aliphatic carbocycles. The van der Waals surface area contributed by atoms with Crippen molar-refractivity contribution in [1.82, 2.24) is 0 Å². The molecular weight excluding hydrogens is 396 g/mol. The van der Waals surface area contributed by atoms with Crippen LogP contribution in [0.5, 0.6) is 0 Å². The van der Waals surface area contributed by atoms with Gasteiger partial charge < -0.3 is 0 Å². The smallest absolute Gasteiger partial charge is 0.222 e. The van der Waals surface area contributed by atoms with E-state index in [9.17, 15) is 0 Å². The van der Waals surface area contributed by atoms with Gasteiger partial charge in [-0.2, -0.15) is 0 Å². The molecule has 2 N–H and O–H groups in total. The van der Waals surface area contributed by atoms with Gasteiger partial charge in [-0.3, -0.25) is 0 Å². The van der Waals surface area contributed by atoms with E-state index in [2.05, 4.69) is 60.7 Å². The third-order valence-electron chi connectivity index (χ3n) is 6.21. The van der Waals surface area contributed by atoms with Gasteiger partial charge in [0.05, 0.1) is 0 Å². The van der Waals surface area contributed by atoms with Crippen molar-refractivity contribution in [3.8, 4) is 0 Å². The van der Waals surface area contributed by atoms with E-state index >= 15 is 0 Å². The van der Waals surface area contributed by atoms with Crippen LogP contribution in [0.2, 0.25) is 0 Å². The Labute approximate surface area is 193 Å². The molecule has 4 nitrogen and oxygen atoms in total. The number of benzene rings is 2.